The Kier molecular flexibility index (Phi) is 4.13. The lowest BCUT2D eigenvalue weighted by atomic mass is 9.69. The van der Waals surface area contributed by atoms with Crippen LogP contribution in [0.4, 0.5) is 0 Å². The standard InChI is InChI=1S/C18H20N2O4/c1-18(17(23)24)13-8-7-12(10-13)15(18)16(22)20-19-14(21)9-11-5-3-2-4-6-11/h2-8,12-13,15H,9-10H2,1H3,(H,19,21)(H,20,22)(H,23,24)/t12-,13+,15+,18-/m0/s1. The Morgan fingerprint density at radius 3 is 2.54 bits per heavy atom. The molecule has 0 radical (unpaired) electrons. The predicted octanol–water partition coefficient (Wildman–Crippen LogP) is 1.29. The van der Waals surface area contributed by atoms with Gasteiger partial charge in [0.1, 0.15) is 0 Å². The SMILES string of the molecule is C[C@]1(C(=O)O)[C@@H]2C=C[C@@H](C2)[C@@H]1C(=O)NNC(=O)Cc1ccccc1. The lowest BCUT2D eigenvalue weighted by Gasteiger charge is -2.33. The number of carbonyl (C=O) groups excluding carboxylic acids is 2. The van der Waals surface area contributed by atoms with Crippen molar-refractivity contribution in [3.8, 4) is 0 Å². The third-order valence-corrected chi connectivity index (χ3v) is 5.24. The molecule has 1 fully saturated rings. The summed E-state index contributed by atoms with van der Waals surface area (Å²) in [7, 11) is 0. The van der Waals surface area contributed by atoms with Crippen LogP contribution in [0.3, 0.4) is 0 Å². The molecule has 4 atom stereocenters. The Morgan fingerprint density at radius 2 is 1.88 bits per heavy atom. The van der Waals surface area contributed by atoms with E-state index >= 15 is 0 Å². The largest absolute Gasteiger partial charge is 0.481 e. The Hall–Kier alpha value is -2.63. The van der Waals surface area contributed by atoms with E-state index in [1.165, 1.54) is 0 Å². The number of carboxylic acid groups (broad SMARTS) is 1. The van der Waals surface area contributed by atoms with Crippen molar-refractivity contribution in [2.45, 2.75) is 19.8 Å². The molecule has 0 aromatic heterocycles. The molecule has 24 heavy (non-hydrogen) atoms. The number of hydrogen-bond donors (Lipinski definition) is 3. The molecule has 2 aliphatic carbocycles. The lowest BCUT2D eigenvalue weighted by molar-refractivity contribution is -0.156. The highest BCUT2D eigenvalue weighted by Gasteiger charge is 2.60. The van der Waals surface area contributed by atoms with Crippen LogP contribution < -0.4 is 10.9 Å². The summed E-state index contributed by atoms with van der Waals surface area (Å²) in [6.07, 6.45) is 4.61. The van der Waals surface area contributed by atoms with Gasteiger partial charge in [0.05, 0.1) is 17.8 Å². The Bertz CT molecular complexity index is 700. The van der Waals surface area contributed by atoms with E-state index in [0.717, 1.165) is 5.56 Å². The molecule has 6 heteroatoms. The van der Waals surface area contributed by atoms with Crippen LogP contribution in [0.1, 0.15) is 18.9 Å². The normalized spacial score (nSPS) is 30.1. The zero-order chi connectivity index (χ0) is 17.3. The summed E-state index contributed by atoms with van der Waals surface area (Å²) < 4.78 is 0. The monoisotopic (exact) mass is 328 g/mol. The summed E-state index contributed by atoms with van der Waals surface area (Å²) >= 11 is 0. The first-order chi connectivity index (χ1) is 11.4. The predicted molar refractivity (Wildman–Crippen MR) is 86.4 cm³/mol. The number of hydrogen-bond acceptors (Lipinski definition) is 3. The van der Waals surface area contributed by atoms with Crippen LogP contribution in [0.2, 0.25) is 0 Å². The zero-order valence-electron chi connectivity index (χ0n) is 13.4. The molecule has 2 bridgehead atoms. The third-order valence-electron chi connectivity index (χ3n) is 5.24. The van der Waals surface area contributed by atoms with Gasteiger partial charge in [-0.2, -0.15) is 0 Å². The molecule has 0 unspecified atom stereocenters. The maximum absolute atomic E-state index is 12.5. The number of carboxylic acids is 1. The van der Waals surface area contributed by atoms with Crippen molar-refractivity contribution in [3.63, 3.8) is 0 Å². The van der Waals surface area contributed by atoms with Gasteiger partial charge < -0.3 is 5.11 Å². The maximum Gasteiger partial charge on any atom is 0.310 e. The first-order valence-electron chi connectivity index (χ1n) is 7.97. The van der Waals surface area contributed by atoms with E-state index in [2.05, 4.69) is 10.9 Å². The fourth-order valence-corrected chi connectivity index (χ4v) is 3.89. The van der Waals surface area contributed by atoms with Crippen LogP contribution in [0.15, 0.2) is 42.5 Å². The molecular formula is C18H20N2O4. The molecule has 2 aliphatic rings. The van der Waals surface area contributed by atoms with Crippen molar-refractivity contribution in [1.82, 2.24) is 10.9 Å². The van der Waals surface area contributed by atoms with Crippen LogP contribution >= 0.6 is 0 Å². The van der Waals surface area contributed by atoms with Crippen LogP contribution in [0.25, 0.3) is 0 Å². The molecule has 126 valence electrons. The number of fused-ring (bicyclic) bond motifs is 2. The quantitative estimate of drug-likeness (QED) is 0.573. The van der Waals surface area contributed by atoms with E-state index in [9.17, 15) is 19.5 Å². The summed E-state index contributed by atoms with van der Waals surface area (Å²) in [4.78, 5) is 36.1. The lowest BCUT2D eigenvalue weighted by Crippen LogP contribution is -2.52. The van der Waals surface area contributed by atoms with Gasteiger partial charge in [0.2, 0.25) is 11.8 Å². The second-order valence-corrected chi connectivity index (χ2v) is 6.66. The van der Waals surface area contributed by atoms with Gasteiger partial charge in [0.15, 0.2) is 0 Å². The summed E-state index contributed by atoms with van der Waals surface area (Å²) in [6.45, 7) is 1.61. The number of allylic oxidation sites excluding steroid dienone is 2. The van der Waals surface area contributed by atoms with Crippen LogP contribution in [0.5, 0.6) is 0 Å². The van der Waals surface area contributed by atoms with Gasteiger partial charge in [-0.3, -0.25) is 25.2 Å². The smallest absolute Gasteiger partial charge is 0.310 e. The second kappa shape index (κ2) is 6.11. The summed E-state index contributed by atoms with van der Waals surface area (Å²) in [5.41, 5.74) is 4.50. The Labute approximate surface area is 139 Å². The van der Waals surface area contributed by atoms with Gasteiger partial charge in [-0.25, -0.2) is 0 Å². The molecule has 0 aliphatic heterocycles. The number of benzene rings is 1. The summed E-state index contributed by atoms with van der Waals surface area (Å²) in [5.74, 6) is -2.68. The molecule has 0 spiro atoms. The highest BCUT2D eigenvalue weighted by atomic mass is 16.4. The van der Waals surface area contributed by atoms with E-state index in [4.69, 9.17) is 0 Å². The zero-order valence-corrected chi connectivity index (χ0v) is 13.4. The number of hydrazine groups is 1. The summed E-state index contributed by atoms with van der Waals surface area (Å²) in [5, 5.41) is 9.58. The van der Waals surface area contributed by atoms with E-state index in [-0.39, 0.29) is 24.2 Å². The van der Waals surface area contributed by atoms with Crippen molar-refractivity contribution in [2.24, 2.45) is 23.2 Å². The van der Waals surface area contributed by atoms with Gasteiger partial charge in [0.25, 0.3) is 0 Å². The van der Waals surface area contributed by atoms with E-state index in [1.807, 2.05) is 42.5 Å². The average molecular weight is 328 g/mol. The molecule has 6 nitrogen and oxygen atoms in total. The Morgan fingerprint density at radius 1 is 1.17 bits per heavy atom. The average Bonchev–Trinajstić information content (AvgIpc) is 3.13. The first kappa shape index (κ1) is 16.2. The molecule has 1 aromatic rings. The number of aliphatic carboxylic acids is 1. The number of carbonyl (C=O) groups is 3. The van der Waals surface area contributed by atoms with Crippen molar-refractivity contribution in [3.05, 3.63) is 48.0 Å². The van der Waals surface area contributed by atoms with E-state index in [0.29, 0.717) is 6.42 Å². The van der Waals surface area contributed by atoms with Gasteiger partial charge in [-0.15, -0.1) is 0 Å². The molecule has 3 N–H and O–H groups in total. The minimum atomic E-state index is -1.13. The van der Waals surface area contributed by atoms with Crippen LogP contribution in [-0.4, -0.2) is 22.9 Å². The highest BCUT2D eigenvalue weighted by molar-refractivity contribution is 5.90. The fourth-order valence-electron chi connectivity index (χ4n) is 3.89. The maximum atomic E-state index is 12.5. The van der Waals surface area contributed by atoms with Crippen molar-refractivity contribution in [2.75, 3.05) is 0 Å². The molecule has 0 saturated heterocycles. The van der Waals surface area contributed by atoms with Crippen molar-refractivity contribution in [1.29, 1.82) is 0 Å². The molecule has 3 rings (SSSR count). The van der Waals surface area contributed by atoms with Crippen molar-refractivity contribution >= 4 is 17.8 Å². The third kappa shape index (κ3) is 2.68. The van der Waals surface area contributed by atoms with Gasteiger partial charge in [-0.05, 0) is 30.7 Å². The minimum absolute atomic E-state index is 0.0953. The fraction of sp³-hybridized carbons (Fsp3) is 0.389. The molecular weight excluding hydrogens is 308 g/mol. The minimum Gasteiger partial charge on any atom is -0.481 e. The first-order valence-corrected chi connectivity index (χ1v) is 7.97. The van der Waals surface area contributed by atoms with E-state index in [1.54, 1.807) is 6.92 Å². The molecule has 1 aromatic carbocycles. The highest BCUT2D eigenvalue weighted by Crippen LogP contribution is 2.56. The van der Waals surface area contributed by atoms with E-state index < -0.39 is 23.2 Å². The topological polar surface area (TPSA) is 95.5 Å². The van der Waals surface area contributed by atoms with Gasteiger partial charge >= 0.3 is 5.97 Å². The number of nitrogens with one attached hydrogen (secondary N) is 2. The van der Waals surface area contributed by atoms with Gasteiger partial charge in [0, 0.05) is 0 Å². The molecule has 1 saturated carbocycles. The van der Waals surface area contributed by atoms with Crippen LogP contribution in [0, 0.1) is 23.2 Å². The number of rotatable bonds is 4. The summed E-state index contributed by atoms with van der Waals surface area (Å²) in [6, 6.07) is 9.17. The molecule has 2 amide bonds. The van der Waals surface area contributed by atoms with Crippen LogP contribution in [-0.2, 0) is 20.8 Å². The molecule has 0 heterocycles. The van der Waals surface area contributed by atoms with Gasteiger partial charge in [-0.1, -0.05) is 42.5 Å². The Balaban J connectivity index is 1.62. The number of amides is 2. The van der Waals surface area contributed by atoms with Crippen molar-refractivity contribution < 1.29 is 19.5 Å². The second-order valence-electron chi connectivity index (χ2n) is 6.66.